The highest BCUT2D eigenvalue weighted by Gasteiger charge is 2.55. The van der Waals surface area contributed by atoms with Crippen molar-refractivity contribution in [1.29, 1.82) is 0 Å². The van der Waals surface area contributed by atoms with Crippen molar-refractivity contribution >= 4 is 10.0 Å². The molecular formula is C12H19N3O4S. The molecule has 20 heavy (non-hydrogen) atoms. The largest absolute Gasteiger partial charge is 0.392 e. The van der Waals surface area contributed by atoms with Gasteiger partial charge in [-0.3, -0.25) is 4.68 Å². The maximum Gasteiger partial charge on any atom is 0.246 e. The molecule has 0 bridgehead atoms. The molecule has 0 radical (unpaired) electrons. The number of nitrogens with zero attached hydrogens (tertiary/aromatic N) is 3. The van der Waals surface area contributed by atoms with Crippen LogP contribution in [-0.2, 0) is 17.1 Å². The van der Waals surface area contributed by atoms with Crippen LogP contribution in [0, 0.1) is 5.41 Å². The number of rotatable bonds is 2. The third-order valence-electron chi connectivity index (χ3n) is 4.75. The summed E-state index contributed by atoms with van der Waals surface area (Å²) < 4.78 is 27.7. The molecule has 1 aliphatic heterocycles. The fourth-order valence-corrected chi connectivity index (χ4v) is 4.66. The van der Waals surface area contributed by atoms with Crippen molar-refractivity contribution < 1.29 is 18.6 Å². The van der Waals surface area contributed by atoms with Crippen LogP contribution in [0.2, 0.25) is 0 Å². The number of aromatic nitrogens is 2. The molecule has 2 fully saturated rings. The Hall–Kier alpha value is -0.960. The molecule has 1 saturated carbocycles. The van der Waals surface area contributed by atoms with E-state index in [9.17, 15) is 18.6 Å². The van der Waals surface area contributed by atoms with Gasteiger partial charge in [0.1, 0.15) is 4.90 Å². The fourth-order valence-electron chi connectivity index (χ4n) is 3.23. The van der Waals surface area contributed by atoms with Gasteiger partial charge in [-0.2, -0.15) is 9.40 Å². The molecule has 112 valence electrons. The molecule has 3 rings (SSSR count). The van der Waals surface area contributed by atoms with E-state index in [-0.39, 0.29) is 4.90 Å². The van der Waals surface area contributed by atoms with Crippen molar-refractivity contribution in [1.82, 2.24) is 14.1 Å². The van der Waals surface area contributed by atoms with Gasteiger partial charge in [-0.05, 0) is 12.8 Å². The number of aryl methyl sites for hydroxylation is 1. The summed E-state index contributed by atoms with van der Waals surface area (Å²) in [5, 5.41) is 23.6. The summed E-state index contributed by atoms with van der Waals surface area (Å²) in [6.45, 7) is 0.649. The van der Waals surface area contributed by atoms with Crippen molar-refractivity contribution in [3.05, 3.63) is 12.4 Å². The third kappa shape index (κ3) is 1.90. The Balaban J connectivity index is 1.75. The van der Waals surface area contributed by atoms with Crippen LogP contribution in [0.1, 0.15) is 19.3 Å². The Labute approximate surface area is 117 Å². The lowest BCUT2D eigenvalue weighted by molar-refractivity contribution is -0.185. The second-order valence-electron chi connectivity index (χ2n) is 5.75. The van der Waals surface area contributed by atoms with Gasteiger partial charge in [-0.1, -0.05) is 0 Å². The molecule has 1 saturated heterocycles. The van der Waals surface area contributed by atoms with E-state index in [2.05, 4.69) is 5.10 Å². The van der Waals surface area contributed by atoms with Crippen molar-refractivity contribution in [3.63, 3.8) is 0 Å². The zero-order chi connectivity index (χ0) is 14.5. The highest BCUT2D eigenvalue weighted by atomic mass is 32.2. The van der Waals surface area contributed by atoms with Crippen LogP contribution in [0.3, 0.4) is 0 Å². The van der Waals surface area contributed by atoms with Crippen molar-refractivity contribution in [2.24, 2.45) is 12.5 Å². The Kier molecular flexibility index (Phi) is 3.16. The normalized spacial score (nSPS) is 30.4. The number of piperidine rings is 1. The van der Waals surface area contributed by atoms with Gasteiger partial charge in [0.2, 0.25) is 10.0 Å². The molecule has 2 atom stereocenters. The average molecular weight is 301 g/mol. The highest BCUT2D eigenvalue weighted by Crippen LogP contribution is 2.49. The summed E-state index contributed by atoms with van der Waals surface area (Å²) in [5.74, 6) is 0. The van der Waals surface area contributed by atoms with E-state index in [4.69, 9.17) is 0 Å². The van der Waals surface area contributed by atoms with E-state index in [1.807, 2.05) is 0 Å². The zero-order valence-corrected chi connectivity index (χ0v) is 12.1. The van der Waals surface area contributed by atoms with Gasteiger partial charge in [0.05, 0.1) is 18.4 Å². The van der Waals surface area contributed by atoms with Crippen LogP contribution in [0.25, 0.3) is 0 Å². The van der Waals surface area contributed by atoms with Crippen LogP contribution in [0.15, 0.2) is 17.3 Å². The van der Waals surface area contributed by atoms with E-state index in [1.165, 1.54) is 21.4 Å². The monoisotopic (exact) mass is 301 g/mol. The Bertz CT molecular complexity index is 594. The molecule has 2 heterocycles. The van der Waals surface area contributed by atoms with E-state index < -0.39 is 27.6 Å². The van der Waals surface area contributed by atoms with Gasteiger partial charge in [0.25, 0.3) is 0 Å². The minimum absolute atomic E-state index is 0.186. The summed E-state index contributed by atoms with van der Waals surface area (Å²) in [4.78, 5) is 0.186. The molecule has 8 heteroatoms. The van der Waals surface area contributed by atoms with E-state index in [0.29, 0.717) is 32.4 Å². The lowest BCUT2D eigenvalue weighted by Gasteiger charge is -2.54. The first-order valence-corrected chi connectivity index (χ1v) is 8.15. The quantitative estimate of drug-likeness (QED) is 0.754. The minimum atomic E-state index is -3.52. The number of hydrogen-bond acceptors (Lipinski definition) is 5. The van der Waals surface area contributed by atoms with Crippen LogP contribution >= 0.6 is 0 Å². The number of aliphatic hydroxyl groups excluding tert-OH is 2. The van der Waals surface area contributed by atoms with Crippen LogP contribution in [0.5, 0.6) is 0 Å². The van der Waals surface area contributed by atoms with Crippen LogP contribution in [0.4, 0.5) is 0 Å². The maximum atomic E-state index is 12.4. The van der Waals surface area contributed by atoms with Crippen molar-refractivity contribution in [2.45, 2.75) is 36.4 Å². The second-order valence-corrected chi connectivity index (χ2v) is 7.69. The molecule has 2 N–H and O–H groups in total. The van der Waals surface area contributed by atoms with Crippen LogP contribution < -0.4 is 0 Å². The summed E-state index contributed by atoms with van der Waals surface area (Å²) >= 11 is 0. The van der Waals surface area contributed by atoms with Crippen molar-refractivity contribution in [2.75, 3.05) is 13.1 Å². The molecular weight excluding hydrogens is 282 g/mol. The molecule has 2 aliphatic rings. The molecule has 1 aromatic rings. The van der Waals surface area contributed by atoms with Gasteiger partial charge in [0, 0.05) is 38.2 Å². The molecule has 1 spiro atoms. The molecule has 7 nitrogen and oxygen atoms in total. The summed E-state index contributed by atoms with van der Waals surface area (Å²) in [5.41, 5.74) is -0.499. The summed E-state index contributed by atoms with van der Waals surface area (Å²) in [6, 6.07) is 0. The highest BCUT2D eigenvalue weighted by molar-refractivity contribution is 7.89. The number of sulfonamides is 1. The fraction of sp³-hybridized carbons (Fsp3) is 0.750. The average Bonchev–Trinajstić information content (AvgIpc) is 2.86. The topological polar surface area (TPSA) is 95.7 Å². The Morgan fingerprint density at radius 1 is 1.30 bits per heavy atom. The number of aliphatic hydroxyl groups is 2. The van der Waals surface area contributed by atoms with Gasteiger partial charge in [-0.15, -0.1) is 0 Å². The summed E-state index contributed by atoms with van der Waals surface area (Å²) in [7, 11) is -1.85. The molecule has 1 aromatic heterocycles. The van der Waals surface area contributed by atoms with E-state index in [0.717, 1.165) is 0 Å². The lowest BCUT2D eigenvalue weighted by Crippen LogP contribution is -2.61. The standard InChI is InChI=1S/C12H19N3O4S/c1-14-8-9(7-13-14)20(18,19)15-4-2-12(3-5-15)10(16)6-11(12)17/h7-8,10-11,16-17H,2-6H2,1H3/t10-,11+. The van der Waals surface area contributed by atoms with Gasteiger partial charge in [-0.25, -0.2) is 8.42 Å². The predicted octanol–water partition coefficient (Wildman–Crippen LogP) is -0.684. The van der Waals surface area contributed by atoms with E-state index >= 15 is 0 Å². The minimum Gasteiger partial charge on any atom is -0.392 e. The Morgan fingerprint density at radius 3 is 2.35 bits per heavy atom. The zero-order valence-electron chi connectivity index (χ0n) is 11.3. The third-order valence-corrected chi connectivity index (χ3v) is 6.60. The SMILES string of the molecule is Cn1cc(S(=O)(=O)N2CCC3(CC2)[C@H](O)C[C@@H]3O)cn1. The first-order valence-electron chi connectivity index (χ1n) is 6.71. The van der Waals surface area contributed by atoms with Gasteiger partial charge < -0.3 is 10.2 Å². The Morgan fingerprint density at radius 2 is 1.90 bits per heavy atom. The molecule has 0 amide bonds. The second kappa shape index (κ2) is 4.52. The summed E-state index contributed by atoms with van der Waals surface area (Å²) in [6.07, 6.45) is 3.18. The molecule has 0 aromatic carbocycles. The first kappa shape index (κ1) is 14.0. The van der Waals surface area contributed by atoms with E-state index in [1.54, 1.807) is 7.05 Å². The molecule has 0 unspecified atom stereocenters. The smallest absolute Gasteiger partial charge is 0.246 e. The molecule has 1 aliphatic carbocycles. The predicted molar refractivity (Wildman–Crippen MR) is 70.3 cm³/mol. The first-order chi connectivity index (χ1) is 9.36. The van der Waals surface area contributed by atoms with Crippen LogP contribution in [-0.4, -0.2) is 58.0 Å². The van der Waals surface area contributed by atoms with Gasteiger partial charge in [0.15, 0.2) is 0 Å². The van der Waals surface area contributed by atoms with Gasteiger partial charge >= 0.3 is 0 Å². The van der Waals surface area contributed by atoms with Crippen molar-refractivity contribution in [3.8, 4) is 0 Å². The number of hydrogen-bond donors (Lipinski definition) is 2. The lowest BCUT2D eigenvalue weighted by atomic mass is 9.59. The maximum absolute atomic E-state index is 12.4.